The maximum atomic E-state index is 9.61. The van der Waals surface area contributed by atoms with Gasteiger partial charge in [0, 0.05) is 22.1 Å². The van der Waals surface area contributed by atoms with Crippen molar-refractivity contribution in [1.29, 1.82) is 5.26 Å². The lowest BCUT2D eigenvalue weighted by molar-refractivity contribution is 0.186. The van der Waals surface area contributed by atoms with Gasteiger partial charge in [-0.2, -0.15) is 5.26 Å². The molecule has 6 aromatic rings. The molecule has 1 heterocycles. The highest BCUT2D eigenvalue weighted by Crippen LogP contribution is 2.53. The Bertz CT molecular complexity index is 2330. The van der Waals surface area contributed by atoms with E-state index in [1.165, 1.54) is 71.9 Å². The fourth-order valence-corrected chi connectivity index (χ4v) is 9.62. The molecule has 0 aliphatic heterocycles. The number of nitriles is 1. The standard InChI is InChI=1S/C47H42N4/c1-30-28-47(24-9-12-32(30)23-25-47)36-19-16-33(17-20-36)37-13-7-8-14-40(37)45-50-43(34-10-5-4-6-11-34)49-44(51-45)35-18-22-39-38-21-15-31(29-48)26-41(38)46(2,3)42(39)27-35/h4-8,10-11,13-22,26-27,30,32H,9,12,23-25,28H2,1-3H3/t30-,32?,47+/m1/s1. The quantitative estimate of drug-likeness (QED) is 0.184. The van der Waals surface area contributed by atoms with E-state index in [4.69, 9.17) is 15.0 Å². The van der Waals surface area contributed by atoms with Gasteiger partial charge in [0.15, 0.2) is 17.5 Å². The second-order valence-electron chi connectivity index (χ2n) is 15.7. The zero-order chi connectivity index (χ0) is 34.7. The molecule has 3 fully saturated rings. The summed E-state index contributed by atoms with van der Waals surface area (Å²) in [5.74, 6) is 3.68. The molecule has 0 amide bonds. The van der Waals surface area contributed by atoms with Gasteiger partial charge in [-0.3, -0.25) is 0 Å². The van der Waals surface area contributed by atoms with Gasteiger partial charge in [-0.25, -0.2) is 15.0 Å². The maximum absolute atomic E-state index is 9.61. The molecule has 0 spiro atoms. The largest absolute Gasteiger partial charge is 0.208 e. The van der Waals surface area contributed by atoms with E-state index < -0.39 is 0 Å². The first-order valence-electron chi connectivity index (χ1n) is 18.5. The Morgan fingerprint density at radius 2 is 1.25 bits per heavy atom. The van der Waals surface area contributed by atoms with E-state index in [-0.39, 0.29) is 5.41 Å². The molecule has 1 unspecified atom stereocenters. The Labute approximate surface area is 301 Å². The molecule has 4 aliphatic carbocycles. The highest BCUT2D eigenvalue weighted by atomic mass is 15.0. The molecule has 0 saturated heterocycles. The van der Waals surface area contributed by atoms with Crippen LogP contribution in [0.25, 0.3) is 56.4 Å². The predicted octanol–water partition coefficient (Wildman–Crippen LogP) is 11.6. The van der Waals surface area contributed by atoms with Crippen molar-refractivity contribution in [2.75, 3.05) is 0 Å². The zero-order valence-electron chi connectivity index (χ0n) is 29.7. The van der Waals surface area contributed by atoms with Crippen molar-refractivity contribution < 1.29 is 0 Å². The monoisotopic (exact) mass is 662 g/mol. The minimum atomic E-state index is -0.266. The fraction of sp³-hybridized carbons (Fsp3) is 0.277. The van der Waals surface area contributed by atoms with Crippen LogP contribution in [0.5, 0.6) is 0 Å². The molecule has 2 bridgehead atoms. The van der Waals surface area contributed by atoms with Crippen LogP contribution >= 0.6 is 0 Å². The van der Waals surface area contributed by atoms with Crippen LogP contribution in [-0.2, 0) is 10.8 Å². The van der Waals surface area contributed by atoms with Crippen molar-refractivity contribution in [3.8, 4) is 62.5 Å². The topological polar surface area (TPSA) is 62.5 Å². The molecule has 10 rings (SSSR count). The van der Waals surface area contributed by atoms with E-state index in [0.29, 0.717) is 28.5 Å². The van der Waals surface area contributed by atoms with Crippen molar-refractivity contribution in [1.82, 2.24) is 15.0 Å². The third-order valence-electron chi connectivity index (χ3n) is 12.4. The van der Waals surface area contributed by atoms with Crippen LogP contribution in [0.4, 0.5) is 0 Å². The minimum absolute atomic E-state index is 0.266. The summed E-state index contributed by atoms with van der Waals surface area (Å²) in [7, 11) is 0. The summed E-state index contributed by atoms with van der Waals surface area (Å²) in [6.45, 7) is 6.95. The normalized spacial score (nSPS) is 21.4. The van der Waals surface area contributed by atoms with Gasteiger partial charge in [-0.15, -0.1) is 0 Å². The SMILES string of the molecule is C[C@@H]1C[C@]2(c3ccc(-c4ccccc4-c4nc(-c5ccccc5)nc(-c5ccc6c(c5)C(C)(C)c5cc(C#N)ccc5-6)n4)cc3)CCCC1CC2. The van der Waals surface area contributed by atoms with Crippen molar-refractivity contribution >= 4 is 0 Å². The number of benzene rings is 5. The molecule has 3 atom stereocenters. The van der Waals surface area contributed by atoms with Crippen LogP contribution in [0.15, 0.2) is 115 Å². The number of fused-ring (bicyclic) bond motifs is 7. The van der Waals surface area contributed by atoms with E-state index >= 15 is 0 Å². The number of rotatable bonds is 5. The number of aromatic nitrogens is 3. The highest BCUT2D eigenvalue weighted by molar-refractivity contribution is 5.85. The second kappa shape index (κ2) is 12.1. The van der Waals surface area contributed by atoms with Crippen LogP contribution in [0.2, 0.25) is 0 Å². The second-order valence-corrected chi connectivity index (χ2v) is 15.7. The molecule has 250 valence electrons. The average Bonchev–Trinajstić information content (AvgIpc) is 3.35. The van der Waals surface area contributed by atoms with E-state index in [1.807, 2.05) is 30.3 Å². The van der Waals surface area contributed by atoms with Crippen molar-refractivity contribution in [3.63, 3.8) is 0 Å². The predicted molar refractivity (Wildman–Crippen MR) is 206 cm³/mol. The van der Waals surface area contributed by atoms with Crippen LogP contribution in [0.3, 0.4) is 0 Å². The molecule has 4 nitrogen and oxygen atoms in total. The van der Waals surface area contributed by atoms with E-state index in [9.17, 15) is 5.26 Å². The fourth-order valence-electron chi connectivity index (χ4n) is 9.62. The first-order chi connectivity index (χ1) is 24.8. The molecule has 3 saturated carbocycles. The Morgan fingerprint density at radius 1 is 0.608 bits per heavy atom. The van der Waals surface area contributed by atoms with Gasteiger partial charge in [0.05, 0.1) is 11.6 Å². The average molecular weight is 663 g/mol. The molecule has 4 aliphatic rings. The van der Waals surface area contributed by atoms with Gasteiger partial charge in [0.2, 0.25) is 0 Å². The minimum Gasteiger partial charge on any atom is -0.208 e. The molecular formula is C47H42N4. The molecule has 0 radical (unpaired) electrons. The van der Waals surface area contributed by atoms with Crippen molar-refractivity contribution in [3.05, 3.63) is 138 Å². The Kier molecular flexibility index (Phi) is 7.51. The van der Waals surface area contributed by atoms with Crippen molar-refractivity contribution in [2.24, 2.45) is 11.8 Å². The first-order valence-corrected chi connectivity index (χ1v) is 18.5. The lowest BCUT2D eigenvalue weighted by atomic mass is 9.64. The lowest BCUT2D eigenvalue weighted by Crippen LogP contribution is -2.33. The van der Waals surface area contributed by atoms with Gasteiger partial charge in [-0.1, -0.05) is 131 Å². The molecule has 5 aromatic carbocycles. The molecule has 4 heteroatoms. The van der Waals surface area contributed by atoms with E-state index in [2.05, 4.69) is 112 Å². The highest BCUT2D eigenvalue weighted by Gasteiger charge is 2.42. The summed E-state index contributed by atoms with van der Waals surface area (Å²) < 4.78 is 0. The summed E-state index contributed by atoms with van der Waals surface area (Å²) in [6.07, 6.45) is 8.06. The third kappa shape index (κ3) is 5.30. The Morgan fingerprint density at radius 3 is 2.00 bits per heavy atom. The molecule has 1 aromatic heterocycles. The summed E-state index contributed by atoms with van der Waals surface area (Å²) in [5.41, 5.74) is 12.2. The summed E-state index contributed by atoms with van der Waals surface area (Å²) in [4.78, 5) is 15.4. The summed E-state index contributed by atoms with van der Waals surface area (Å²) in [6, 6.07) is 43.1. The zero-order valence-corrected chi connectivity index (χ0v) is 29.7. The van der Waals surface area contributed by atoms with Gasteiger partial charge < -0.3 is 0 Å². The van der Waals surface area contributed by atoms with E-state index in [1.54, 1.807) is 0 Å². The summed E-state index contributed by atoms with van der Waals surface area (Å²) >= 11 is 0. The van der Waals surface area contributed by atoms with Gasteiger partial charge >= 0.3 is 0 Å². The third-order valence-corrected chi connectivity index (χ3v) is 12.4. The number of nitrogens with zero attached hydrogens (tertiary/aromatic N) is 4. The van der Waals surface area contributed by atoms with Crippen LogP contribution in [0.1, 0.15) is 81.5 Å². The molecular weight excluding hydrogens is 621 g/mol. The molecule has 0 N–H and O–H groups in total. The van der Waals surface area contributed by atoms with Crippen molar-refractivity contribution in [2.45, 2.75) is 70.1 Å². The van der Waals surface area contributed by atoms with Crippen LogP contribution in [0, 0.1) is 23.2 Å². The smallest absolute Gasteiger partial charge is 0.164 e. The Hall–Kier alpha value is -5.40. The maximum Gasteiger partial charge on any atom is 0.164 e. The van der Waals surface area contributed by atoms with Gasteiger partial charge in [0.25, 0.3) is 0 Å². The first kappa shape index (κ1) is 31.6. The number of hydrogen-bond acceptors (Lipinski definition) is 4. The molecule has 51 heavy (non-hydrogen) atoms. The Balaban J connectivity index is 1.14. The lowest BCUT2D eigenvalue weighted by Gasteiger charge is -2.41. The number of hydrogen-bond donors (Lipinski definition) is 0. The van der Waals surface area contributed by atoms with Crippen LogP contribution in [-0.4, -0.2) is 15.0 Å². The van der Waals surface area contributed by atoms with Crippen LogP contribution < -0.4 is 0 Å². The summed E-state index contributed by atoms with van der Waals surface area (Å²) in [5, 5.41) is 9.61. The van der Waals surface area contributed by atoms with Gasteiger partial charge in [0.1, 0.15) is 0 Å². The van der Waals surface area contributed by atoms with Gasteiger partial charge in [-0.05, 0) is 100 Å². The van der Waals surface area contributed by atoms with E-state index in [0.717, 1.165) is 34.1 Å².